The molecule has 0 aliphatic carbocycles. The summed E-state index contributed by atoms with van der Waals surface area (Å²) in [7, 11) is -3.46. The maximum absolute atomic E-state index is 12.6. The van der Waals surface area contributed by atoms with Crippen molar-refractivity contribution in [3.05, 3.63) is 65.2 Å². The van der Waals surface area contributed by atoms with Crippen molar-refractivity contribution in [3.8, 4) is 0 Å². The van der Waals surface area contributed by atoms with Gasteiger partial charge in [-0.1, -0.05) is 50.2 Å². The molecule has 0 unspecified atom stereocenters. The second kappa shape index (κ2) is 12.3. The highest BCUT2D eigenvalue weighted by Crippen LogP contribution is 2.17. The number of rotatable bonds is 11. The minimum Gasteiger partial charge on any atom is -0.379 e. The lowest BCUT2D eigenvalue weighted by Gasteiger charge is -2.26. The number of carbonyl (C=O) groups is 1. The van der Waals surface area contributed by atoms with Crippen LogP contribution >= 0.6 is 0 Å². The standard InChI is InChI=1S/C25H35N3O4S/c1-3-28(4-2)33(30,31)24-11-8-21(9-12-24)10-13-25(29)26-19-22-6-5-7-23(18-22)20-27-14-16-32-17-15-27/h5-9,11-12,18H,3-4,10,13-17,19-20H2,1-2H3,(H,26,29). The number of hydrogen-bond acceptors (Lipinski definition) is 5. The molecule has 1 N–H and O–H groups in total. The molecule has 0 bridgehead atoms. The van der Waals surface area contributed by atoms with Crippen molar-refractivity contribution in [3.63, 3.8) is 0 Å². The number of carbonyl (C=O) groups excluding carboxylic acids is 1. The molecule has 0 aromatic heterocycles. The molecule has 1 fully saturated rings. The van der Waals surface area contributed by atoms with Crippen LogP contribution in [0.2, 0.25) is 0 Å². The normalized spacial score (nSPS) is 15.0. The topological polar surface area (TPSA) is 79.0 Å². The highest BCUT2D eigenvalue weighted by atomic mass is 32.2. The highest BCUT2D eigenvalue weighted by molar-refractivity contribution is 7.89. The van der Waals surface area contributed by atoms with Gasteiger partial charge in [0.05, 0.1) is 18.1 Å². The first-order valence-electron chi connectivity index (χ1n) is 11.7. The molecule has 1 saturated heterocycles. The monoisotopic (exact) mass is 473 g/mol. The lowest BCUT2D eigenvalue weighted by Crippen LogP contribution is -2.35. The van der Waals surface area contributed by atoms with Crippen LogP contribution in [0, 0.1) is 0 Å². The molecular formula is C25H35N3O4S. The first-order chi connectivity index (χ1) is 15.9. The van der Waals surface area contributed by atoms with E-state index >= 15 is 0 Å². The van der Waals surface area contributed by atoms with Crippen molar-refractivity contribution in [1.82, 2.24) is 14.5 Å². The van der Waals surface area contributed by atoms with Crippen molar-refractivity contribution < 1.29 is 17.9 Å². The number of benzene rings is 2. The highest BCUT2D eigenvalue weighted by Gasteiger charge is 2.21. The van der Waals surface area contributed by atoms with E-state index in [0.717, 1.165) is 44.0 Å². The SMILES string of the molecule is CCN(CC)S(=O)(=O)c1ccc(CCC(=O)NCc2cccc(CN3CCOCC3)c2)cc1. The molecule has 180 valence electrons. The number of hydrogen-bond donors (Lipinski definition) is 1. The van der Waals surface area contributed by atoms with Gasteiger partial charge in [-0.2, -0.15) is 4.31 Å². The van der Waals surface area contributed by atoms with Gasteiger partial charge in [0, 0.05) is 45.7 Å². The molecular weight excluding hydrogens is 438 g/mol. The Balaban J connectivity index is 1.46. The summed E-state index contributed by atoms with van der Waals surface area (Å²) >= 11 is 0. The maximum atomic E-state index is 12.6. The number of morpholine rings is 1. The molecule has 1 aliphatic rings. The fourth-order valence-electron chi connectivity index (χ4n) is 3.94. The number of amides is 1. The van der Waals surface area contributed by atoms with Gasteiger partial charge < -0.3 is 10.1 Å². The molecule has 7 nitrogen and oxygen atoms in total. The molecule has 2 aromatic carbocycles. The van der Waals surface area contributed by atoms with Gasteiger partial charge in [-0.15, -0.1) is 0 Å². The van der Waals surface area contributed by atoms with E-state index in [1.165, 1.54) is 9.87 Å². The Bertz CT molecular complexity index is 999. The molecule has 8 heteroatoms. The number of ether oxygens (including phenoxy) is 1. The Morgan fingerprint density at radius 2 is 1.67 bits per heavy atom. The van der Waals surface area contributed by atoms with Crippen LogP contribution in [0.4, 0.5) is 0 Å². The van der Waals surface area contributed by atoms with Gasteiger partial charge in [-0.05, 0) is 35.2 Å². The molecule has 0 spiro atoms. The molecule has 33 heavy (non-hydrogen) atoms. The van der Waals surface area contributed by atoms with Crippen LogP contribution in [-0.4, -0.2) is 62.9 Å². The van der Waals surface area contributed by atoms with Gasteiger partial charge in [-0.3, -0.25) is 9.69 Å². The van der Waals surface area contributed by atoms with E-state index in [4.69, 9.17) is 4.74 Å². The van der Waals surface area contributed by atoms with E-state index < -0.39 is 10.0 Å². The third-order valence-corrected chi connectivity index (χ3v) is 7.96. The first kappa shape index (κ1) is 25.4. The summed E-state index contributed by atoms with van der Waals surface area (Å²) in [5.41, 5.74) is 3.26. The van der Waals surface area contributed by atoms with Crippen molar-refractivity contribution in [1.29, 1.82) is 0 Å². The van der Waals surface area contributed by atoms with E-state index in [2.05, 4.69) is 22.3 Å². The van der Waals surface area contributed by atoms with Crippen LogP contribution in [0.15, 0.2) is 53.4 Å². The summed E-state index contributed by atoms with van der Waals surface area (Å²) < 4.78 is 32.0. The molecule has 1 amide bonds. The number of aryl methyl sites for hydroxylation is 1. The van der Waals surface area contributed by atoms with Crippen LogP contribution in [0.25, 0.3) is 0 Å². The molecule has 0 atom stereocenters. The van der Waals surface area contributed by atoms with E-state index in [9.17, 15) is 13.2 Å². The van der Waals surface area contributed by atoms with E-state index in [0.29, 0.717) is 32.5 Å². The third-order valence-electron chi connectivity index (χ3n) is 5.90. The smallest absolute Gasteiger partial charge is 0.243 e. The fourth-order valence-corrected chi connectivity index (χ4v) is 5.40. The Labute approximate surface area is 197 Å². The Morgan fingerprint density at radius 3 is 2.33 bits per heavy atom. The molecule has 1 heterocycles. The first-order valence-corrected chi connectivity index (χ1v) is 13.1. The number of nitrogens with one attached hydrogen (secondary N) is 1. The summed E-state index contributed by atoms with van der Waals surface area (Å²) in [6, 6.07) is 15.2. The van der Waals surface area contributed by atoms with Crippen LogP contribution in [-0.2, 0) is 39.1 Å². The van der Waals surface area contributed by atoms with Crippen LogP contribution in [0.1, 0.15) is 37.0 Å². The second-order valence-electron chi connectivity index (χ2n) is 8.22. The molecule has 3 rings (SSSR count). The van der Waals surface area contributed by atoms with Gasteiger partial charge in [0.25, 0.3) is 0 Å². The average molecular weight is 474 g/mol. The number of sulfonamides is 1. The zero-order valence-corrected chi connectivity index (χ0v) is 20.4. The van der Waals surface area contributed by atoms with Crippen molar-refractivity contribution >= 4 is 15.9 Å². The van der Waals surface area contributed by atoms with Crippen molar-refractivity contribution in [2.45, 2.75) is 44.7 Å². The summed E-state index contributed by atoms with van der Waals surface area (Å²) in [5, 5.41) is 2.99. The Kier molecular flexibility index (Phi) is 9.43. The summed E-state index contributed by atoms with van der Waals surface area (Å²) in [6.45, 7) is 9.39. The predicted octanol–water partition coefficient (Wildman–Crippen LogP) is 2.80. The van der Waals surface area contributed by atoms with Gasteiger partial charge in [-0.25, -0.2) is 8.42 Å². The zero-order chi connectivity index (χ0) is 23.7. The summed E-state index contributed by atoms with van der Waals surface area (Å²) in [4.78, 5) is 15.0. The van der Waals surface area contributed by atoms with Crippen LogP contribution in [0.3, 0.4) is 0 Å². The lowest BCUT2D eigenvalue weighted by atomic mass is 10.1. The molecule has 1 aliphatic heterocycles. The molecule has 0 saturated carbocycles. The maximum Gasteiger partial charge on any atom is 0.243 e. The number of nitrogens with zero attached hydrogens (tertiary/aromatic N) is 2. The van der Waals surface area contributed by atoms with Gasteiger partial charge in [0.1, 0.15) is 0 Å². The van der Waals surface area contributed by atoms with Gasteiger partial charge >= 0.3 is 0 Å². The molecule has 0 radical (unpaired) electrons. The van der Waals surface area contributed by atoms with E-state index in [-0.39, 0.29) is 10.8 Å². The predicted molar refractivity (Wildman–Crippen MR) is 129 cm³/mol. The zero-order valence-electron chi connectivity index (χ0n) is 19.6. The molecule has 2 aromatic rings. The second-order valence-corrected chi connectivity index (χ2v) is 10.2. The Morgan fingerprint density at radius 1 is 1.00 bits per heavy atom. The summed E-state index contributed by atoms with van der Waals surface area (Å²) in [5.74, 6) is -0.0200. The van der Waals surface area contributed by atoms with E-state index in [1.807, 2.05) is 26.0 Å². The average Bonchev–Trinajstić information content (AvgIpc) is 2.83. The van der Waals surface area contributed by atoms with Crippen molar-refractivity contribution in [2.24, 2.45) is 0 Å². The largest absolute Gasteiger partial charge is 0.379 e. The van der Waals surface area contributed by atoms with Gasteiger partial charge in [0.15, 0.2) is 0 Å². The van der Waals surface area contributed by atoms with Crippen molar-refractivity contribution in [2.75, 3.05) is 39.4 Å². The fraction of sp³-hybridized carbons (Fsp3) is 0.480. The minimum absolute atomic E-state index is 0.0200. The third kappa shape index (κ3) is 7.37. The van der Waals surface area contributed by atoms with E-state index in [1.54, 1.807) is 24.3 Å². The Hall–Kier alpha value is -2.26. The lowest BCUT2D eigenvalue weighted by molar-refractivity contribution is -0.121. The summed E-state index contributed by atoms with van der Waals surface area (Å²) in [6.07, 6.45) is 0.921. The quantitative estimate of drug-likeness (QED) is 0.543. The van der Waals surface area contributed by atoms with Crippen LogP contribution in [0.5, 0.6) is 0 Å². The van der Waals surface area contributed by atoms with Gasteiger partial charge in [0.2, 0.25) is 15.9 Å². The minimum atomic E-state index is -3.46. The van der Waals surface area contributed by atoms with Crippen LogP contribution < -0.4 is 5.32 Å².